The van der Waals surface area contributed by atoms with Crippen molar-refractivity contribution in [3.63, 3.8) is 0 Å². The van der Waals surface area contributed by atoms with Gasteiger partial charge in [0.2, 0.25) is 4.80 Å². The smallest absolute Gasteiger partial charge is 0.433 e. The van der Waals surface area contributed by atoms with Crippen molar-refractivity contribution in [2.45, 2.75) is 0 Å². The molecule has 0 aliphatic carbocycles. The van der Waals surface area contributed by atoms with Crippen LogP contribution >= 0.6 is 11.3 Å². The Hall–Kier alpha value is -3.20. The van der Waals surface area contributed by atoms with Gasteiger partial charge in [0.1, 0.15) is 10.7 Å². The highest BCUT2D eigenvalue weighted by Gasteiger charge is 2.11. The van der Waals surface area contributed by atoms with Gasteiger partial charge in [-0.05, 0) is 30.3 Å². The summed E-state index contributed by atoms with van der Waals surface area (Å²) in [6, 6.07) is 10.3. The summed E-state index contributed by atoms with van der Waals surface area (Å²) in [6.45, 7) is 0. The van der Waals surface area contributed by atoms with Gasteiger partial charge in [0, 0.05) is 18.0 Å². The minimum Gasteiger partial charge on any atom is -0.497 e. The highest BCUT2D eigenvalue weighted by Crippen LogP contribution is 2.23. The molecular weight excluding hydrogens is 344 g/mol. The van der Waals surface area contributed by atoms with Crippen LogP contribution in [0.5, 0.6) is 5.75 Å². The third kappa shape index (κ3) is 3.50. The number of methoxy groups -OCH3 is 1. The minimum absolute atomic E-state index is 0.285. The van der Waals surface area contributed by atoms with E-state index in [0.717, 1.165) is 17.0 Å². The van der Waals surface area contributed by atoms with Crippen molar-refractivity contribution < 1.29 is 14.1 Å². The maximum absolute atomic E-state index is 10.7. The van der Waals surface area contributed by atoms with Gasteiger partial charge in [-0.1, -0.05) is 0 Å². The number of thiazole rings is 1. The van der Waals surface area contributed by atoms with Crippen LogP contribution in [0.2, 0.25) is 0 Å². The normalized spacial score (nSPS) is 12.0. The summed E-state index contributed by atoms with van der Waals surface area (Å²) in [4.78, 5) is 15.0. The first kappa shape index (κ1) is 16.7. The maximum Gasteiger partial charge on any atom is 0.433 e. The number of ether oxygens (including phenoxy) is 1. The van der Waals surface area contributed by atoms with Crippen LogP contribution in [0.3, 0.4) is 0 Å². The molecule has 0 N–H and O–H groups in total. The molecule has 3 rings (SSSR count). The Balaban J connectivity index is 1.98. The number of hydrogen-bond donors (Lipinski definition) is 0. The topological polar surface area (TPSA) is 95.2 Å². The molecular formula is C16H14N4O4S. The second-order valence-corrected chi connectivity index (χ2v) is 5.68. The van der Waals surface area contributed by atoms with E-state index in [1.54, 1.807) is 18.8 Å². The molecule has 0 aliphatic rings. The van der Waals surface area contributed by atoms with Crippen LogP contribution < -0.4 is 9.54 Å². The summed E-state index contributed by atoms with van der Waals surface area (Å²) in [5.41, 5.74) is 1.78. The van der Waals surface area contributed by atoms with Crippen molar-refractivity contribution in [2.75, 3.05) is 14.2 Å². The fourth-order valence-electron chi connectivity index (χ4n) is 2.15. The zero-order valence-electron chi connectivity index (χ0n) is 13.4. The molecule has 0 saturated carbocycles. The van der Waals surface area contributed by atoms with E-state index in [4.69, 9.17) is 9.15 Å². The molecule has 0 bridgehead atoms. The highest BCUT2D eigenvalue weighted by molar-refractivity contribution is 7.07. The summed E-state index contributed by atoms with van der Waals surface area (Å²) >= 11 is 1.44. The molecule has 2 heterocycles. The van der Waals surface area contributed by atoms with Crippen LogP contribution in [-0.4, -0.2) is 30.0 Å². The van der Waals surface area contributed by atoms with Gasteiger partial charge in [-0.25, -0.2) is 4.68 Å². The SMILES string of the molecule is CN=c1scc(-c2ccc(OC)cc2)n1N=Cc1ccc([N+](=O)[O-])o1. The van der Waals surface area contributed by atoms with Crippen LogP contribution in [0.15, 0.2) is 56.3 Å². The molecule has 0 aliphatic heterocycles. The van der Waals surface area contributed by atoms with E-state index in [9.17, 15) is 10.1 Å². The van der Waals surface area contributed by atoms with Crippen molar-refractivity contribution in [2.24, 2.45) is 10.1 Å². The quantitative estimate of drug-likeness (QED) is 0.398. The monoisotopic (exact) mass is 358 g/mol. The predicted molar refractivity (Wildman–Crippen MR) is 94.1 cm³/mol. The van der Waals surface area contributed by atoms with Gasteiger partial charge >= 0.3 is 5.88 Å². The number of benzene rings is 1. The largest absolute Gasteiger partial charge is 0.497 e. The molecule has 0 spiro atoms. The molecule has 0 unspecified atom stereocenters. The Bertz CT molecular complexity index is 982. The molecule has 1 aromatic carbocycles. The van der Waals surface area contributed by atoms with Crippen LogP contribution in [0.25, 0.3) is 11.3 Å². The molecule has 2 aromatic heterocycles. The molecule has 0 amide bonds. The van der Waals surface area contributed by atoms with Crippen molar-refractivity contribution in [1.82, 2.24) is 4.68 Å². The maximum atomic E-state index is 10.7. The lowest BCUT2D eigenvalue weighted by atomic mass is 10.2. The zero-order valence-corrected chi connectivity index (χ0v) is 14.3. The summed E-state index contributed by atoms with van der Waals surface area (Å²) in [6.07, 6.45) is 1.42. The summed E-state index contributed by atoms with van der Waals surface area (Å²) in [7, 11) is 3.29. The number of furan rings is 1. The number of hydrogen-bond acceptors (Lipinski definition) is 7. The Morgan fingerprint density at radius 2 is 2.04 bits per heavy atom. The zero-order chi connectivity index (χ0) is 17.8. The number of aromatic nitrogens is 1. The fraction of sp³-hybridized carbons (Fsp3) is 0.125. The summed E-state index contributed by atoms with van der Waals surface area (Å²) < 4.78 is 11.9. The molecule has 0 saturated heterocycles. The third-order valence-corrected chi connectivity index (χ3v) is 4.26. The van der Waals surface area contributed by atoms with Gasteiger partial charge in [0.15, 0.2) is 5.76 Å². The second kappa shape index (κ2) is 7.14. The van der Waals surface area contributed by atoms with Gasteiger partial charge < -0.3 is 9.15 Å². The number of nitro groups is 1. The molecule has 25 heavy (non-hydrogen) atoms. The lowest BCUT2D eigenvalue weighted by Crippen LogP contribution is -2.11. The van der Waals surface area contributed by atoms with Gasteiger partial charge in [-0.2, -0.15) is 5.10 Å². The van der Waals surface area contributed by atoms with Gasteiger partial charge in [0.05, 0.1) is 25.1 Å². The van der Waals surface area contributed by atoms with Crippen LogP contribution in [0, 0.1) is 10.1 Å². The average Bonchev–Trinajstić information content (AvgIpc) is 3.26. The first-order chi connectivity index (χ1) is 12.1. The lowest BCUT2D eigenvalue weighted by Gasteiger charge is -2.04. The molecule has 0 fully saturated rings. The summed E-state index contributed by atoms with van der Waals surface area (Å²) in [5, 5.41) is 17.0. The Morgan fingerprint density at radius 3 is 2.64 bits per heavy atom. The van der Waals surface area contributed by atoms with Crippen LogP contribution in [0.1, 0.15) is 5.76 Å². The van der Waals surface area contributed by atoms with Gasteiger partial charge in [0.25, 0.3) is 0 Å². The standard InChI is InChI=1S/C16H14N4O4S/c1-17-16-19(18-9-13-7-8-15(24-13)20(21)22)14(10-25-16)11-3-5-12(23-2)6-4-11/h3-10H,1-2H3. The average molecular weight is 358 g/mol. The van der Waals surface area contributed by atoms with Gasteiger partial charge in [-0.3, -0.25) is 15.1 Å². The fourth-order valence-corrected chi connectivity index (χ4v) is 2.95. The first-order valence-corrected chi connectivity index (χ1v) is 8.06. The van der Waals surface area contributed by atoms with Crippen molar-refractivity contribution >= 4 is 23.4 Å². The van der Waals surface area contributed by atoms with E-state index < -0.39 is 4.92 Å². The lowest BCUT2D eigenvalue weighted by molar-refractivity contribution is -0.402. The minimum atomic E-state index is -0.593. The van der Waals surface area contributed by atoms with Crippen molar-refractivity contribution in [1.29, 1.82) is 0 Å². The van der Waals surface area contributed by atoms with Crippen LogP contribution in [0.4, 0.5) is 5.88 Å². The van der Waals surface area contributed by atoms with Crippen molar-refractivity contribution in [3.05, 3.63) is 62.5 Å². The predicted octanol–water partition coefficient (Wildman–Crippen LogP) is 3.14. The molecule has 0 atom stereocenters. The Kier molecular flexibility index (Phi) is 4.75. The molecule has 9 heteroatoms. The molecule has 128 valence electrons. The van der Waals surface area contributed by atoms with E-state index in [0.29, 0.717) is 4.80 Å². The second-order valence-electron chi connectivity index (χ2n) is 4.85. The van der Waals surface area contributed by atoms with E-state index in [1.165, 1.54) is 29.7 Å². The number of rotatable bonds is 5. The van der Waals surface area contributed by atoms with E-state index in [1.807, 2.05) is 29.6 Å². The van der Waals surface area contributed by atoms with E-state index in [-0.39, 0.29) is 11.6 Å². The summed E-state index contributed by atoms with van der Waals surface area (Å²) in [5.74, 6) is 0.720. The third-order valence-electron chi connectivity index (χ3n) is 3.36. The molecule has 8 nitrogen and oxygen atoms in total. The van der Waals surface area contributed by atoms with E-state index in [2.05, 4.69) is 10.1 Å². The number of nitrogens with zero attached hydrogens (tertiary/aromatic N) is 4. The first-order valence-electron chi connectivity index (χ1n) is 7.18. The Labute approximate surface area is 146 Å². The van der Waals surface area contributed by atoms with E-state index >= 15 is 0 Å². The molecule has 3 aromatic rings. The van der Waals surface area contributed by atoms with Crippen LogP contribution in [-0.2, 0) is 0 Å². The van der Waals surface area contributed by atoms with Crippen molar-refractivity contribution in [3.8, 4) is 17.0 Å². The Morgan fingerprint density at radius 1 is 1.28 bits per heavy atom. The highest BCUT2D eigenvalue weighted by atomic mass is 32.1. The van der Waals surface area contributed by atoms with Gasteiger partial charge in [-0.15, -0.1) is 11.3 Å². The molecule has 0 radical (unpaired) electrons.